The highest BCUT2D eigenvalue weighted by atomic mass is 32.2. The third-order valence-corrected chi connectivity index (χ3v) is 3.21. The van der Waals surface area contributed by atoms with Gasteiger partial charge in [0.05, 0.1) is 0 Å². The molecule has 0 radical (unpaired) electrons. The highest BCUT2D eigenvalue weighted by Crippen LogP contribution is 2.05. The molecule has 0 fully saturated rings. The minimum absolute atomic E-state index is 0.742. The fourth-order valence-corrected chi connectivity index (χ4v) is 2.14. The van der Waals surface area contributed by atoms with Crippen LogP contribution < -0.4 is 5.73 Å². The summed E-state index contributed by atoms with van der Waals surface area (Å²) in [5.41, 5.74) is 7.02. The molecule has 0 saturated heterocycles. The summed E-state index contributed by atoms with van der Waals surface area (Å²) in [7, 11) is 0. The van der Waals surface area contributed by atoms with Crippen molar-refractivity contribution >= 4 is 11.8 Å². The summed E-state index contributed by atoms with van der Waals surface area (Å²) >= 11 is 1.91. The summed E-state index contributed by atoms with van der Waals surface area (Å²) in [6.07, 6.45) is 3.40. The maximum atomic E-state index is 5.64. The highest BCUT2D eigenvalue weighted by molar-refractivity contribution is 7.98. The Morgan fingerprint density at radius 1 is 1.19 bits per heavy atom. The first-order chi connectivity index (χ1) is 7.86. The normalized spacial score (nSPS) is 10.9. The van der Waals surface area contributed by atoms with E-state index >= 15 is 0 Å². The zero-order chi connectivity index (χ0) is 11.6. The Hall–Kier alpha value is -0.510. The highest BCUT2D eigenvalue weighted by Gasteiger charge is 2.04. The van der Waals surface area contributed by atoms with E-state index < -0.39 is 0 Å². The van der Waals surface area contributed by atoms with E-state index in [0.717, 1.165) is 26.2 Å². The quantitative estimate of drug-likeness (QED) is 0.704. The van der Waals surface area contributed by atoms with Crippen molar-refractivity contribution in [2.45, 2.75) is 13.0 Å². The van der Waals surface area contributed by atoms with E-state index in [4.69, 9.17) is 5.73 Å². The summed E-state index contributed by atoms with van der Waals surface area (Å²) in [6.45, 7) is 3.90. The minimum Gasteiger partial charge on any atom is -0.329 e. The Bertz CT molecular complexity index is 264. The molecule has 1 aromatic carbocycles. The first-order valence-electron chi connectivity index (χ1n) is 5.82. The van der Waals surface area contributed by atoms with E-state index in [1.165, 1.54) is 17.7 Å². The van der Waals surface area contributed by atoms with Gasteiger partial charge in [0.25, 0.3) is 0 Å². The van der Waals surface area contributed by atoms with Crippen LogP contribution in [0.3, 0.4) is 0 Å². The van der Waals surface area contributed by atoms with Crippen molar-refractivity contribution in [2.75, 3.05) is 31.6 Å². The Morgan fingerprint density at radius 2 is 1.94 bits per heavy atom. The molecule has 1 rings (SSSR count). The van der Waals surface area contributed by atoms with Gasteiger partial charge < -0.3 is 5.73 Å². The second kappa shape index (κ2) is 8.62. The van der Waals surface area contributed by atoms with E-state index in [9.17, 15) is 0 Å². The number of thioether (sulfide) groups is 1. The van der Waals surface area contributed by atoms with Gasteiger partial charge in [0.2, 0.25) is 0 Å². The molecule has 16 heavy (non-hydrogen) atoms. The van der Waals surface area contributed by atoms with Crippen LogP contribution in [0.1, 0.15) is 12.0 Å². The number of hydrogen-bond donors (Lipinski definition) is 1. The molecule has 0 saturated carbocycles. The molecule has 90 valence electrons. The van der Waals surface area contributed by atoms with E-state index in [1.54, 1.807) is 0 Å². The molecule has 0 heterocycles. The van der Waals surface area contributed by atoms with Crippen molar-refractivity contribution in [3.63, 3.8) is 0 Å². The van der Waals surface area contributed by atoms with Crippen LogP contribution in [0.5, 0.6) is 0 Å². The molecular formula is C13H22N2S. The second-order valence-corrected chi connectivity index (χ2v) is 4.88. The maximum absolute atomic E-state index is 5.64. The van der Waals surface area contributed by atoms with Crippen molar-refractivity contribution in [1.29, 1.82) is 0 Å². The van der Waals surface area contributed by atoms with Gasteiger partial charge in [-0.1, -0.05) is 30.3 Å². The topological polar surface area (TPSA) is 29.3 Å². The summed E-state index contributed by atoms with van der Waals surface area (Å²) in [5, 5.41) is 0. The fraction of sp³-hybridized carbons (Fsp3) is 0.538. The van der Waals surface area contributed by atoms with Gasteiger partial charge in [-0.3, -0.25) is 4.90 Å². The third kappa shape index (κ3) is 5.54. The van der Waals surface area contributed by atoms with Crippen molar-refractivity contribution in [1.82, 2.24) is 4.90 Å². The first-order valence-corrected chi connectivity index (χ1v) is 7.21. The molecule has 0 aliphatic rings. The largest absolute Gasteiger partial charge is 0.329 e. The third-order valence-electron chi connectivity index (χ3n) is 2.52. The van der Waals surface area contributed by atoms with Gasteiger partial charge in [-0.2, -0.15) is 11.8 Å². The summed E-state index contributed by atoms with van der Waals surface area (Å²) < 4.78 is 0. The van der Waals surface area contributed by atoms with Crippen molar-refractivity contribution in [2.24, 2.45) is 5.73 Å². The molecule has 2 N–H and O–H groups in total. The van der Waals surface area contributed by atoms with Gasteiger partial charge in [-0.05, 0) is 30.5 Å². The number of hydrogen-bond acceptors (Lipinski definition) is 3. The average Bonchev–Trinajstić information content (AvgIpc) is 2.31. The van der Waals surface area contributed by atoms with Gasteiger partial charge in [-0.15, -0.1) is 0 Å². The predicted octanol–water partition coefficient (Wildman–Crippen LogP) is 2.20. The zero-order valence-corrected chi connectivity index (χ0v) is 10.9. The van der Waals surface area contributed by atoms with Crippen molar-refractivity contribution in [3.05, 3.63) is 35.9 Å². The van der Waals surface area contributed by atoms with Crippen LogP contribution in [0.15, 0.2) is 30.3 Å². The Labute approximate surface area is 103 Å². The molecular weight excluding hydrogens is 216 g/mol. The molecule has 3 heteroatoms. The van der Waals surface area contributed by atoms with E-state index in [2.05, 4.69) is 41.5 Å². The standard InChI is InChI=1S/C13H22N2S/c1-16-11-5-9-15(10-8-14)12-13-6-3-2-4-7-13/h2-4,6-7H,5,8-12,14H2,1H3. The number of nitrogens with zero attached hydrogens (tertiary/aromatic N) is 1. The van der Waals surface area contributed by atoms with Gasteiger partial charge in [0.15, 0.2) is 0 Å². The molecule has 2 nitrogen and oxygen atoms in total. The predicted molar refractivity (Wildman–Crippen MR) is 73.8 cm³/mol. The SMILES string of the molecule is CSCCCN(CCN)Cc1ccccc1. The average molecular weight is 238 g/mol. The number of nitrogens with two attached hydrogens (primary N) is 1. The lowest BCUT2D eigenvalue weighted by Crippen LogP contribution is -2.30. The molecule has 0 aromatic heterocycles. The summed E-state index contributed by atoms with van der Waals surface area (Å²) in [4.78, 5) is 2.44. The van der Waals surface area contributed by atoms with Gasteiger partial charge in [-0.25, -0.2) is 0 Å². The van der Waals surface area contributed by atoms with E-state index in [0.29, 0.717) is 0 Å². The Morgan fingerprint density at radius 3 is 2.56 bits per heavy atom. The molecule has 0 unspecified atom stereocenters. The molecule has 0 bridgehead atoms. The molecule has 0 amide bonds. The van der Waals surface area contributed by atoms with Crippen LogP contribution in [0, 0.1) is 0 Å². The van der Waals surface area contributed by atoms with E-state index in [1.807, 2.05) is 11.8 Å². The van der Waals surface area contributed by atoms with Crippen LogP contribution in [-0.4, -0.2) is 36.5 Å². The van der Waals surface area contributed by atoms with Crippen LogP contribution in [-0.2, 0) is 6.54 Å². The lowest BCUT2D eigenvalue weighted by molar-refractivity contribution is 0.274. The van der Waals surface area contributed by atoms with Gasteiger partial charge in [0, 0.05) is 19.6 Å². The second-order valence-electron chi connectivity index (χ2n) is 3.90. The first kappa shape index (κ1) is 13.6. The van der Waals surface area contributed by atoms with E-state index in [-0.39, 0.29) is 0 Å². The zero-order valence-electron chi connectivity index (χ0n) is 10.1. The fourth-order valence-electron chi connectivity index (χ4n) is 1.73. The summed E-state index contributed by atoms with van der Waals surface area (Å²) in [5.74, 6) is 1.23. The van der Waals surface area contributed by atoms with Gasteiger partial charge in [0.1, 0.15) is 0 Å². The minimum atomic E-state index is 0.742. The van der Waals surface area contributed by atoms with Crippen LogP contribution >= 0.6 is 11.8 Å². The van der Waals surface area contributed by atoms with Crippen molar-refractivity contribution in [3.8, 4) is 0 Å². The van der Waals surface area contributed by atoms with Crippen LogP contribution in [0.2, 0.25) is 0 Å². The number of benzene rings is 1. The Kier molecular flexibility index (Phi) is 7.30. The molecule has 1 aromatic rings. The monoisotopic (exact) mass is 238 g/mol. The lowest BCUT2D eigenvalue weighted by Gasteiger charge is -2.21. The lowest BCUT2D eigenvalue weighted by atomic mass is 10.2. The molecule has 0 aliphatic carbocycles. The van der Waals surface area contributed by atoms with Crippen molar-refractivity contribution < 1.29 is 0 Å². The van der Waals surface area contributed by atoms with Gasteiger partial charge >= 0.3 is 0 Å². The molecule has 0 aliphatic heterocycles. The van der Waals surface area contributed by atoms with Crippen LogP contribution in [0.25, 0.3) is 0 Å². The Balaban J connectivity index is 2.38. The molecule has 0 atom stereocenters. The van der Waals surface area contributed by atoms with Crippen LogP contribution in [0.4, 0.5) is 0 Å². The maximum Gasteiger partial charge on any atom is 0.0234 e. The molecule has 0 spiro atoms. The number of rotatable bonds is 8. The smallest absolute Gasteiger partial charge is 0.0234 e. The summed E-state index contributed by atoms with van der Waals surface area (Å²) in [6, 6.07) is 10.6.